The van der Waals surface area contributed by atoms with Gasteiger partial charge in [0.1, 0.15) is 5.75 Å². The van der Waals surface area contributed by atoms with E-state index in [2.05, 4.69) is 15.5 Å². The molecule has 0 aliphatic rings. The molecule has 4 aromatic carbocycles. The zero-order valence-corrected chi connectivity index (χ0v) is 23.6. The Labute approximate surface area is 250 Å². The molecule has 0 unspecified atom stereocenters. The first-order valence-corrected chi connectivity index (χ1v) is 13.5. The second-order valence-electron chi connectivity index (χ2n) is 8.57. The molecular weight excluding hydrogens is 588 g/mol. The van der Waals surface area contributed by atoms with Crippen LogP contribution in [0.3, 0.4) is 0 Å². The second-order valence-corrected chi connectivity index (χ2v) is 10.3. The van der Waals surface area contributed by atoms with Gasteiger partial charge >= 0.3 is 0 Å². The number of halogens is 4. The molecule has 0 spiro atoms. The minimum absolute atomic E-state index is 0.0827. The number of nitrogens with one attached hydrogen (secondary N) is 1. The Morgan fingerprint density at radius 2 is 1.50 bits per heavy atom. The number of fused-ring (bicyclic) bond motifs is 1. The Balaban J connectivity index is 1.35. The largest absolute Gasteiger partial charge is 0.453 e. The lowest BCUT2D eigenvalue weighted by Crippen LogP contribution is -2.09. The molecular formula is C31H19Cl4N3O2. The fourth-order valence-electron chi connectivity index (χ4n) is 3.79. The second kappa shape index (κ2) is 12.5. The average Bonchev–Trinajstić information content (AvgIpc) is 2.95. The third-order valence-corrected chi connectivity index (χ3v) is 6.84. The summed E-state index contributed by atoms with van der Waals surface area (Å²) in [4.78, 5) is 17.7. The van der Waals surface area contributed by atoms with Crippen molar-refractivity contribution in [1.29, 1.82) is 0 Å². The van der Waals surface area contributed by atoms with Crippen LogP contribution in [-0.4, -0.2) is 17.0 Å². The van der Waals surface area contributed by atoms with Crippen molar-refractivity contribution in [2.24, 2.45) is 5.10 Å². The fourth-order valence-corrected chi connectivity index (χ4v) is 4.54. The number of hydrogen-bond acceptors (Lipinski definition) is 5. The van der Waals surface area contributed by atoms with Crippen LogP contribution >= 0.6 is 46.4 Å². The van der Waals surface area contributed by atoms with Crippen molar-refractivity contribution in [2.45, 2.75) is 0 Å². The van der Waals surface area contributed by atoms with Crippen LogP contribution in [0.1, 0.15) is 21.5 Å². The zero-order chi connectivity index (χ0) is 28.1. The minimum atomic E-state index is -0.330. The number of anilines is 1. The van der Waals surface area contributed by atoms with Gasteiger partial charge in [0.05, 0.1) is 17.4 Å². The molecule has 9 heteroatoms. The van der Waals surface area contributed by atoms with Gasteiger partial charge in [-0.25, -0.2) is 0 Å². The van der Waals surface area contributed by atoms with Gasteiger partial charge in [-0.15, -0.1) is 0 Å². The van der Waals surface area contributed by atoms with E-state index in [4.69, 9.17) is 51.1 Å². The van der Waals surface area contributed by atoms with E-state index in [0.717, 1.165) is 22.2 Å². The molecule has 1 aromatic heterocycles. The van der Waals surface area contributed by atoms with E-state index in [1.165, 1.54) is 0 Å². The lowest BCUT2D eigenvalue weighted by molar-refractivity contribution is 0.0988. The monoisotopic (exact) mass is 605 g/mol. The molecule has 40 heavy (non-hydrogen) atoms. The molecule has 198 valence electrons. The number of ketones is 1. The van der Waals surface area contributed by atoms with Gasteiger partial charge in [-0.05, 0) is 102 Å². The number of nitrogens with zero attached hydrogens (tertiary/aromatic N) is 2. The molecule has 0 aliphatic heterocycles. The molecule has 0 radical (unpaired) electrons. The van der Waals surface area contributed by atoms with E-state index in [0.29, 0.717) is 37.0 Å². The summed E-state index contributed by atoms with van der Waals surface area (Å²) in [6.07, 6.45) is 4.95. The quantitative estimate of drug-likeness (QED) is 0.0628. The molecule has 0 fully saturated rings. The number of ether oxygens (including phenoxy) is 1. The molecule has 0 atom stereocenters. The molecule has 0 saturated heterocycles. The number of benzene rings is 4. The van der Waals surface area contributed by atoms with Crippen LogP contribution < -0.4 is 10.2 Å². The predicted octanol–water partition coefficient (Wildman–Crippen LogP) is 9.60. The molecule has 5 rings (SSSR count). The van der Waals surface area contributed by atoms with Gasteiger partial charge in [0, 0.05) is 37.2 Å². The molecule has 0 aliphatic carbocycles. The number of aromatic nitrogens is 1. The van der Waals surface area contributed by atoms with E-state index in [9.17, 15) is 4.79 Å². The van der Waals surface area contributed by atoms with Gasteiger partial charge in [0.2, 0.25) is 5.78 Å². The Bertz CT molecular complexity index is 1750. The van der Waals surface area contributed by atoms with Crippen LogP contribution in [0.5, 0.6) is 5.75 Å². The highest BCUT2D eigenvalue weighted by molar-refractivity contribution is 6.35. The molecule has 1 N–H and O–H groups in total. The molecule has 5 nitrogen and oxygen atoms in total. The maximum atomic E-state index is 13.4. The maximum absolute atomic E-state index is 13.4. The normalized spacial score (nSPS) is 11.7. The number of rotatable bonds is 8. The molecule has 0 amide bonds. The van der Waals surface area contributed by atoms with E-state index >= 15 is 0 Å². The topological polar surface area (TPSA) is 63.6 Å². The fraction of sp³-hybridized carbons (Fsp3) is 0. The standard InChI is InChI=1S/C31H19Cl4N3O2/c32-22-6-3-20(4-7-22)31(39)30(15-21-5-8-23(33)16-27(21)35)40-25-10-1-19(2-11-25)18-37-38-28-13-14-36-29-17-24(34)9-12-26(28)29/h1-18H,(H,36,38)/b30-15-,37-18+. The van der Waals surface area contributed by atoms with Gasteiger partial charge in [0.15, 0.2) is 5.76 Å². The van der Waals surface area contributed by atoms with Gasteiger partial charge in [-0.3, -0.25) is 15.2 Å². The van der Waals surface area contributed by atoms with Gasteiger partial charge in [-0.2, -0.15) is 5.10 Å². The van der Waals surface area contributed by atoms with Crippen LogP contribution in [0.15, 0.2) is 108 Å². The summed E-state index contributed by atoms with van der Waals surface area (Å²) >= 11 is 24.5. The summed E-state index contributed by atoms with van der Waals surface area (Å²) < 4.78 is 6.05. The predicted molar refractivity (Wildman–Crippen MR) is 165 cm³/mol. The number of hydrogen-bond donors (Lipinski definition) is 1. The number of carbonyl (C=O) groups excluding carboxylic acids is 1. The molecule has 5 aromatic rings. The smallest absolute Gasteiger partial charge is 0.228 e. The highest BCUT2D eigenvalue weighted by atomic mass is 35.5. The van der Waals surface area contributed by atoms with Crippen LogP contribution in [0.2, 0.25) is 20.1 Å². The van der Waals surface area contributed by atoms with Crippen molar-refractivity contribution in [1.82, 2.24) is 4.98 Å². The number of Topliss-reactive ketones (excluding diaryl/α,β-unsaturated/α-hetero) is 1. The van der Waals surface area contributed by atoms with Gasteiger partial charge in [0.25, 0.3) is 0 Å². The summed E-state index contributed by atoms with van der Waals surface area (Å²) in [5.74, 6) is 0.212. The van der Waals surface area contributed by atoms with Crippen molar-refractivity contribution >= 4 is 81.1 Å². The van der Waals surface area contributed by atoms with Crippen molar-refractivity contribution < 1.29 is 9.53 Å². The maximum Gasteiger partial charge on any atom is 0.228 e. The summed E-state index contributed by atoms with van der Waals surface area (Å²) in [7, 11) is 0. The van der Waals surface area contributed by atoms with Gasteiger partial charge in [-0.1, -0.05) is 52.5 Å². The summed E-state index contributed by atoms with van der Waals surface area (Å²) in [6.45, 7) is 0. The number of hydrazone groups is 1. The Hall–Kier alpha value is -3.87. The first-order valence-electron chi connectivity index (χ1n) is 11.9. The summed E-state index contributed by atoms with van der Waals surface area (Å²) in [5, 5.41) is 7.27. The molecule has 0 bridgehead atoms. The van der Waals surface area contributed by atoms with E-state index in [1.807, 2.05) is 24.3 Å². The first-order chi connectivity index (χ1) is 19.4. The van der Waals surface area contributed by atoms with Crippen LogP contribution in [-0.2, 0) is 0 Å². The summed E-state index contributed by atoms with van der Waals surface area (Å²) in [6, 6.07) is 26.1. The van der Waals surface area contributed by atoms with E-state index in [1.54, 1.807) is 85.2 Å². The first kappa shape index (κ1) is 27.7. The van der Waals surface area contributed by atoms with E-state index < -0.39 is 0 Å². The van der Waals surface area contributed by atoms with Crippen molar-refractivity contribution in [3.63, 3.8) is 0 Å². The third kappa shape index (κ3) is 6.82. The van der Waals surface area contributed by atoms with E-state index in [-0.39, 0.29) is 11.5 Å². The minimum Gasteiger partial charge on any atom is -0.453 e. The van der Waals surface area contributed by atoms with Crippen LogP contribution in [0.4, 0.5) is 5.69 Å². The SMILES string of the molecule is O=C(/C(=C/c1ccc(Cl)cc1Cl)Oc1ccc(/C=N/Nc2ccnc3cc(Cl)ccc23)cc1)c1ccc(Cl)cc1. The van der Waals surface area contributed by atoms with Crippen molar-refractivity contribution in [3.8, 4) is 5.75 Å². The Morgan fingerprint density at radius 1 is 0.800 bits per heavy atom. The Kier molecular flexibility index (Phi) is 8.68. The lowest BCUT2D eigenvalue weighted by atomic mass is 10.1. The van der Waals surface area contributed by atoms with Crippen LogP contribution in [0.25, 0.3) is 17.0 Å². The summed E-state index contributed by atoms with van der Waals surface area (Å²) in [5.41, 5.74) is 6.44. The van der Waals surface area contributed by atoms with Crippen molar-refractivity contribution in [3.05, 3.63) is 140 Å². The highest BCUT2D eigenvalue weighted by Gasteiger charge is 2.16. The zero-order valence-electron chi connectivity index (χ0n) is 20.6. The van der Waals surface area contributed by atoms with Gasteiger partial charge < -0.3 is 4.74 Å². The van der Waals surface area contributed by atoms with Crippen LogP contribution in [0, 0.1) is 0 Å². The molecule has 1 heterocycles. The molecule has 0 saturated carbocycles. The average molecular weight is 607 g/mol. The lowest BCUT2D eigenvalue weighted by Gasteiger charge is -2.11. The number of allylic oxidation sites excluding steroid dienone is 1. The third-order valence-electron chi connectivity index (χ3n) is 5.79. The highest BCUT2D eigenvalue weighted by Crippen LogP contribution is 2.27. The number of pyridine rings is 1. The van der Waals surface area contributed by atoms with Crippen molar-refractivity contribution in [2.75, 3.05) is 5.43 Å². The Morgan fingerprint density at radius 3 is 2.25 bits per heavy atom. The number of carbonyl (C=O) groups is 1.